The summed E-state index contributed by atoms with van der Waals surface area (Å²) >= 11 is 0. The van der Waals surface area contributed by atoms with E-state index in [0.717, 1.165) is 16.7 Å². The topological polar surface area (TPSA) is 72.3 Å². The Kier molecular flexibility index (Phi) is 3.89. The molecule has 2 aliphatic heterocycles. The second-order valence-corrected chi connectivity index (χ2v) is 9.63. The van der Waals surface area contributed by atoms with Crippen molar-refractivity contribution in [3.63, 3.8) is 0 Å². The number of benzene rings is 2. The fourth-order valence-corrected chi connectivity index (χ4v) is 6.54. The Morgan fingerprint density at radius 1 is 1.07 bits per heavy atom. The minimum Gasteiger partial charge on any atom is -0.335 e. The minimum atomic E-state index is -3.51. The lowest BCUT2D eigenvalue weighted by molar-refractivity contribution is 0.0780. The molecule has 0 spiro atoms. The van der Waals surface area contributed by atoms with E-state index in [4.69, 9.17) is 0 Å². The number of hydrogen-bond acceptors (Lipinski definition) is 4. The number of sulfone groups is 1. The monoisotopic (exact) mass is 411 g/mol. The molecule has 3 heterocycles. The van der Waals surface area contributed by atoms with Gasteiger partial charge in [-0.2, -0.15) is 5.10 Å². The molecule has 8 heteroatoms. The molecule has 1 saturated heterocycles. The first-order valence-corrected chi connectivity index (χ1v) is 10.8. The highest BCUT2D eigenvalue weighted by Gasteiger charge is 2.51. The maximum absolute atomic E-state index is 13.2. The van der Waals surface area contributed by atoms with Gasteiger partial charge in [-0.25, -0.2) is 12.8 Å². The van der Waals surface area contributed by atoms with E-state index in [-0.39, 0.29) is 24.2 Å². The lowest BCUT2D eigenvalue weighted by atomic mass is 9.94. The van der Waals surface area contributed by atoms with Crippen LogP contribution in [0.15, 0.2) is 59.6 Å². The smallest absolute Gasteiger partial charge is 0.272 e. The van der Waals surface area contributed by atoms with Crippen molar-refractivity contribution in [3.8, 4) is 11.1 Å². The highest BCUT2D eigenvalue weighted by atomic mass is 32.2. The number of likely N-dealkylation sites (tertiary alicyclic amines) is 1. The first-order valence-electron chi connectivity index (χ1n) is 9.27. The summed E-state index contributed by atoms with van der Waals surface area (Å²) in [5, 5.41) is 3.38. The molecule has 0 N–H and O–H groups in total. The number of halogens is 1. The molecule has 6 nitrogen and oxygen atoms in total. The van der Waals surface area contributed by atoms with Gasteiger partial charge in [-0.1, -0.05) is 18.2 Å². The summed E-state index contributed by atoms with van der Waals surface area (Å²) in [6.07, 6.45) is 1.55. The molecule has 0 unspecified atom stereocenters. The number of carbonyl (C=O) groups excluding carboxylic acids is 1. The van der Waals surface area contributed by atoms with Crippen LogP contribution in [0, 0.1) is 5.82 Å². The van der Waals surface area contributed by atoms with Gasteiger partial charge in [0.05, 0.1) is 10.1 Å². The Hall–Kier alpha value is -3.00. The first-order chi connectivity index (χ1) is 13.9. The molecule has 3 aromatic rings. The molecule has 5 rings (SSSR count). The summed E-state index contributed by atoms with van der Waals surface area (Å²) in [5.41, 5.74) is 2.81. The summed E-state index contributed by atoms with van der Waals surface area (Å²) in [7, 11) is -1.82. The Balaban J connectivity index is 1.52. The van der Waals surface area contributed by atoms with Crippen molar-refractivity contribution in [2.24, 2.45) is 7.05 Å². The van der Waals surface area contributed by atoms with Gasteiger partial charge < -0.3 is 4.90 Å². The second kappa shape index (κ2) is 6.25. The molecule has 0 aliphatic carbocycles. The molecule has 1 aromatic heterocycles. The van der Waals surface area contributed by atoms with Crippen LogP contribution in [0.2, 0.25) is 0 Å². The Bertz CT molecular complexity index is 1230. The van der Waals surface area contributed by atoms with Crippen molar-refractivity contribution in [2.75, 3.05) is 13.1 Å². The molecule has 2 aromatic carbocycles. The van der Waals surface area contributed by atoms with Crippen molar-refractivity contribution in [1.82, 2.24) is 14.7 Å². The van der Waals surface area contributed by atoms with E-state index in [1.807, 2.05) is 6.07 Å². The zero-order chi connectivity index (χ0) is 20.3. The molecule has 1 amide bonds. The molecule has 0 bridgehead atoms. The zero-order valence-electron chi connectivity index (χ0n) is 15.6. The lowest BCUT2D eigenvalue weighted by Gasteiger charge is -2.18. The minimum absolute atomic E-state index is 0.164. The van der Waals surface area contributed by atoms with Crippen LogP contribution in [0.3, 0.4) is 0 Å². The van der Waals surface area contributed by atoms with Gasteiger partial charge in [0.15, 0.2) is 9.84 Å². The Morgan fingerprint density at radius 2 is 1.79 bits per heavy atom. The van der Waals surface area contributed by atoms with Gasteiger partial charge in [0.2, 0.25) is 0 Å². The molecular formula is C21H18FN3O3S. The maximum Gasteiger partial charge on any atom is 0.272 e. The van der Waals surface area contributed by atoms with Crippen molar-refractivity contribution in [1.29, 1.82) is 0 Å². The molecule has 2 atom stereocenters. The Morgan fingerprint density at radius 3 is 2.48 bits per heavy atom. The van der Waals surface area contributed by atoms with Gasteiger partial charge in [-0.05, 0) is 47.0 Å². The number of nitrogens with zero attached hydrogens (tertiary/aromatic N) is 3. The predicted molar refractivity (Wildman–Crippen MR) is 105 cm³/mol. The van der Waals surface area contributed by atoms with Crippen LogP contribution >= 0.6 is 0 Å². The fourth-order valence-electron chi connectivity index (χ4n) is 4.38. The average Bonchev–Trinajstić information content (AvgIpc) is 3.38. The van der Waals surface area contributed by atoms with E-state index in [9.17, 15) is 17.6 Å². The van der Waals surface area contributed by atoms with E-state index in [2.05, 4.69) is 5.10 Å². The summed E-state index contributed by atoms with van der Waals surface area (Å²) < 4.78 is 40.9. The number of aryl methyl sites for hydroxylation is 1. The van der Waals surface area contributed by atoms with Crippen LogP contribution < -0.4 is 0 Å². The van der Waals surface area contributed by atoms with Crippen molar-refractivity contribution in [3.05, 3.63) is 71.8 Å². The number of fused-ring (bicyclic) bond motifs is 3. The van der Waals surface area contributed by atoms with E-state index < -0.39 is 15.1 Å². The highest BCUT2D eigenvalue weighted by molar-refractivity contribution is 7.92. The van der Waals surface area contributed by atoms with Gasteiger partial charge >= 0.3 is 0 Å². The number of amides is 1. The van der Waals surface area contributed by atoms with Crippen LogP contribution in [-0.2, 0) is 16.9 Å². The van der Waals surface area contributed by atoms with Crippen molar-refractivity contribution in [2.45, 2.75) is 16.1 Å². The van der Waals surface area contributed by atoms with E-state index >= 15 is 0 Å². The Labute approximate surface area is 167 Å². The SMILES string of the molecule is Cn1nccc1C(=O)N1C[C@@H]2c3cc(-c4ccc(F)cc4)ccc3S(=O)(=O)[C@H]2C1. The van der Waals surface area contributed by atoms with Crippen molar-refractivity contribution >= 4 is 15.7 Å². The number of rotatable bonds is 2. The number of carbonyl (C=O) groups is 1. The third-order valence-electron chi connectivity index (χ3n) is 5.89. The highest BCUT2D eigenvalue weighted by Crippen LogP contribution is 2.46. The maximum atomic E-state index is 13.2. The normalized spacial score (nSPS) is 21.8. The fraction of sp³-hybridized carbons (Fsp3) is 0.238. The largest absolute Gasteiger partial charge is 0.335 e. The average molecular weight is 411 g/mol. The first kappa shape index (κ1) is 18.1. The molecule has 0 saturated carbocycles. The van der Waals surface area contributed by atoms with Gasteiger partial charge in [0.1, 0.15) is 11.5 Å². The molecule has 29 heavy (non-hydrogen) atoms. The van der Waals surface area contributed by atoms with Crippen molar-refractivity contribution < 1.29 is 17.6 Å². The van der Waals surface area contributed by atoms with Crippen LogP contribution in [-0.4, -0.2) is 47.3 Å². The standard InChI is InChI=1S/C21H18FN3O3S/c1-24-18(8-9-23-24)21(26)25-11-17-16-10-14(13-2-5-15(22)6-3-13)4-7-19(16)29(27,28)20(17)12-25/h2-10,17,20H,11-12H2,1H3/t17-,20+/m1/s1. The summed E-state index contributed by atoms with van der Waals surface area (Å²) in [6, 6.07) is 13.0. The lowest BCUT2D eigenvalue weighted by Crippen LogP contribution is -2.32. The third-order valence-corrected chi connectivity index (χ3v) is 8.14. The predicted octanol–water partition coefficient (Wildman–Crippen LogP) is 2.62. The van der Waals surface area contributed by atoms with E-state index in [1.54, 1.807) is 48.5 Å². The molecule has 2 aliphatic rings. The second-order valence-electron chi connectivity index (χ2n) is 7.50. The zero-order valence-corrected chi connectivity index (χ0v) is 16.4. The van der Waals surface area contributed by atoms with Crippen LogP contribution in [0.1, 0.15) is 22.0 Å². The van der Waals surface area contributed by atoms with Gasteiger partial charge in [0.25, 0.3) is 5.91 Å². The van der Waals surface area contributed by atoms with Crippen LogP contribution in [0.5, 0.6) is 0 Å². The van der Waals surface area contributed by atoms with E-state index in [0.29, 0.717) is 17.1 Å². The molecule has 0 radical (unpaired) electrons. The number of hydrogen-bond donors (Lipinski definition) is 0. The van der Waals surface area contributed by atoms with Crippen LogP contribution in [0.4, 0.5) is 4.39 Å². The third kappa shape index (κ3) is 2.70. The van der Waals surface area contributed by atoms with Gasteiger partial charge in [-0.3, -0.25) is 9.48 Å². The summed E-state index contributed by atoms with van der Waals surface area (Å²) in [4.78, 5) is 14.8. The molecular weight excluding hydrogens is 393 g/mol. The van der Waals surface area contributed by atoms with Crippen LogP contribution in [0.25, 0.3) is 11.1 Å². The summed E-state index contributed by atoms with van der Waals surface area (Å²) in [5.74, 6) is -0.809. The van der Waals surface area contributed by atoms with Gasteiger partial charge in [-0.15, -0.1) is 0 Å². The molecule has 1 fully saturated rings. The van der Waals surface area contributed by atoms with Gasteiger partial charge in [0, 0.05) is 32.3 Å². The summed E-state index contributed by atoms with van der Waals surface area (Å²) in [6.45, 7) is 0.505. The molecule has 148 valence electrons. The van der Waals surface area contributed by atoms with E-state index in [1.165, 1.54) is 16.8 Å². The quantitative estimate of drug-likeness (QED) is 0.650. The number of aromatic nitrogens is 2.